The number of halogens is 3. The minimum absolute atomic E-state index is 0.173. The first-order valence-electron chi connectivity index (χ1n) is 12.0. The molecule has 4 nitrogen and oxygen atoms in total. The number of hydrogen-bond donors (Lipinski definition) is 2. The van der Waals surface area contributed by atoms with Gasteiger partial charge in [0, 0.05) is 47.9 Å². The number of imidazole rings is 1. The summed E-state index contributed by atoms with van der Waals surface area (Å²) < 4.78 is 0.417. The number of unbranched alkanes of at least 4 members (excludes halogenated alkanes) is 15. The van der Waals surface area contributed by atoms with Crippen molar-refractivity contribution in [2.75, 3.05) is 6.61 Å². The van der Waals surface area contributed by atoms with E-state index in [0.29, 0.717) is 9.88 Å². The molecular formula is C23H44Cl3N3O. The van der Waals surface area contributed by atoms with E-state index in [1.807, 2.05) is 6.20 Å². The zero-order valence-corrected chi connectivity index (χ0v) is 21.3. The fourth-order valence-electron chi connectivity index (χ4n) is 3.62. The number of aryl methyl sites for hydroxylation is 1. The standard InChI is InChI=1S/C23H44N2O.Cl3N/c1-2-3-4-5-6-7-8-9-10-11-12-13-14-15-16-17-18-22-21-24-23(25-22)19-20-26;1-4(2)3/h21,26H,2-20H2,1H3,(H,24,25);. The van der Waals surface area contributed by atoms with Crippen LogP contribution in [0.3, 0.4) is 0 Å². The van der Waals surface area contributed by atoms with Crippen LogP contribution in [0.2, 0.25) is 0 Å². The molecule has 7 heteroatoms. The van der Waals surface area contributed by atoms with Crippen LogP contribution in [0.1, 0.15) is 121 Å². The molecule has 0 unspecified atom stereocenters. The van der Waals surface area contributed by atoms with Crippen molar-refractivity contribution in [3.8, 4) is 0 Å². The number of nitrogens with zero attached hydrogens (tertiary/aromatic N) is 2. The summed E-state index contributed by atoms with van der Waals surface area (Å²) >= 11 is 13.9. The van der Waals surface area contributed by atoms with Crippen molar-refractivity contribution in [3.63, 3.8) is 0 Å². The van der Waals surface area contributed by atoms with Gasteiger partial charge in [0.1, 0.15) is 5.82 Å². The second-order valence-electron chi connectivity index (χ2n) is 8.06. The summed E-state index contributed by atoms with van der Waals surface area (Å²) in [5.74, 6) is 0.916. The second kappa shape index (κ2) is 23.7. The van der Waals surface area contributed by atoms with Gasteiger partial charge in [0.25, 0.3) is 0 Å². The van der Waals surface area contributed by atoms with Gasteiger partial charge < -0.3 is 10.1 Å². The van der Waals surface area contributed by atoms with Crippen LogP contribution in [0, 0.1) is 0 Å². The number of aromatic nitrogens is 2. The summed E-state index contributed by atoms with van der Waals surface area (Å²) in [5, 5.41) is 8.89. The van der Waals surface area contributed by atoms with Gasteiger partial charge in [-0.25, -0.2) is 4.98 Å². The largest absolute Gasteiger partial charge is 0.396 e. The molecule has 0 aliphatic carbocycles. The predicted octanol–water partition coefficient (Wildman–Crippen LogP) is 8.50. The summed E-state index contributed by atoms with van der Waals surface area (Å²) in [6, 6.07) is 0. The second-order valence-corrected chi connectivity index (χ2v) is 9.59. The lowest BCUT2D eigenvalue weighted by molar-refractivity contribution is 0.297. The summed E-state index contributed by atoms with van der Waals surface area (Å²) in [6.07, 6.45) is 26.3. The van der Waals surface area contributed by atoms with Crippen molar-refractivity contribution in [2.45, 2.75) is 122 Å². The lowest BCUT2D eigenvalue weighted by Gasteiger charge is -2.03. The molecule has 0 radical (unpaired) electrons. The topological polar surface area (TPSA) is 52.1 Å². The third-order valence-electron chi connectivity index (χ3n) is 5.32. The highest BCUT2D eigenvalue weighted by atomic mass is 35.6. The highest BCUT2D eigenvalue weighted by molar-refractivity contribution is 6.50. The Labute approximate surface area is 200 Å². The van der Waals surface area contributed by atoms with E-state index in [9.17, 15) is 0 Å². The average Bonchev–Trinajstić information content (AvgIpc) is 3.15. The Kier molecular flexibility index (Phi) is 23.7. The maximum Gasteiger partial charge on any atom is 0.108 e. The van der Waals surface area contributed by atoms with Crippen molar-refractivity contribution < 1.29 is 5.11 Å². The van der Waals surface area contributed by atoms with Crippen LogP contribution >= 0.6 is 35.3 Å². The lowest BCUT2D eigenvalue weighted by Crippen LogP contribution is -1.93. The first kappa shape index (κ1) is 30.0. The van der Waals surface area contributed by atoms with Crippen LogP contribution in [0.4, 0.5) is 0 Å². The van der Waals surface area contributed by atoms with Gasteiger partial charge in [0.15, 0.2) is 0 Å². The first-order valence-corrected chi connectivity index (χ1v) is 13.0. The fraction of sp³-hybridized carbons (Fsp3) is 0.870. The number of rotatable bonds is 19. The molecule has 0 bridgehead atoms. The molecule has 1 heterocycles. The number of aliphatic hydroxyl groups excluding tert-OH is 1. The Balaban J connectivity index is 0.00000192. The van der Waals surface area contributed by atoms with Crippen LogP contribution in [-0.4, -0.2) is 25.1 Å². The van der Waals surface area contributed by atoms with Gasteiger partial charge in [-0.05, 0) is 16.3 Å². The maximum atomic E-state index is 8.89. The molecule has 0 aliphatic heterocycles. The Hall–Kier alpha value is -0.000000000000000111. The number of nitrogens with one attached hydrogen (secondary N) is 1. The van der Waals surface area contributed by atoms with Crippen LogP contribution < -0.4 is 0 Å². The number of aromatic amines is 1. The van der Waals surface area contributed by atoms with Crippen molar-refractivity contribution >= 4 is 35.3 Å². The fourth-order valence-corrected chi connectivity index (χ4v) is 3.62. The van der Waals surface area contributed by atoms with Gasteiger partial charge in [-0.2, -0.15) is 0 Å². The van der Waals surface area contributed by atoms with Gasteiger partial charge in [-0.3, -0.25) is 0 Å². The molecule has 0 saturated heterocycles. The quantitative estimate of drug-likeness (QED) is 0.153. The normalized spacial score (nSPS) is 11.0. The smallest absolute Gasteiger partial charge is 0.108 e. The zero-order valence-electron chi connectivity index (χ0n) is 19.0. The first-order chi connectivity index (χ1) is 14.6. The molecule has 2 N–H and O–H groups in total. The number of H-pyrrole nitrogens is 1. The molecule has 0 saturated carbocycles. The minimum Gasteiger partial charge on any atom is -0.396 e. The highest BCUT2D eigenvalue weighted by Crippen LogP contribution is 2.14. The van der Waals surface area contributed by atoms with Crippen LogP contribution in [0.5, 0.6) is 0 Å². The SMILES string of the molecule is CCCCCCCCCCCCCCCCCCc1c[nH]c(CCO)n1.ClN(Cl)Cl. The predicted molar refractivity (Wildman–Crippen MR) is 132 cm³/mol. The van der Waals surface area contributed by atoms with E-state index in [4.69, 9.17) is 5.11 Å². The van der Waals surface area contributed by atoms with Crippen molar-refractivity contribution in [2.24, 2.45) is 0 Å². The maximum absolute atomic E-state index is 8.89. The molecule has 178 valence electrons. The average molecular weight is 485 g/mol. The van der Waals surface area contributed by atoms with Crippen LogP contribution in [-0.2, 0) is 12.8 Å². The molecule has 1 aromatic rings. The molecule has 1 aromatic heterocycles. The van der Waals surface area contributed by atoms with E-state index < -0.39 is 0 Å². The van der Waals surface area contributed by atoms with Gasteiger partial charge in [-0.1, -0.05) is 103 Å². The van der Waals surface area contributed by atoms with Crippen LogP contribution in [0.25, 0.3) is 0 Å². The number of aliphatic hydroxyl groups is 1. The Morgan fingerprint density at radius 1 is 0.733 bits per heavy atom. The molecule has 0 atom stereocenters. The molecule has 0 aliphatic rings. The molecule has 0 aromatic carbocycles. The van der Waals surface area contributed by atoms with E-state index in [1.165, 1.54) is 103 Å². The molecule has 1 rings (SSSR count). The summed E-state index contributed by atoms with van der Waals surface area (Å²) in [4.78, 5) is 7.63. The van der Waals surface area contributed by atoms with Crippen LogP contribution in [0.15, 0.2) is 6.20 Å². The molecule has 0 amide bonds. The van der Waals surface area contributed by atoms with Crippen molar-refractivity contribution in [1.29, 1.82) is 0 Å². The van der Waals surface area contributed by atoms with E-state index in [1.54, 1.807) is 0 Å². The molecule has 0 spiro atoms. The van der Waals surface area contributed by atoms with E-state index in [0.717, 1.165) is 17.9 Å². The molecule has 0 fully saturated rings. The third kappa shape index (κ3) is 22.7. The van der Waals surface area contributed by atoms with Gasteiger partial charge >= 0.3 is 0 Å². The van der Waals surface area contributed by atoms with Gasteiger partial charge in [0.2, 0.25) is 0 Å². The highest BCUT2D eigenvalue weighted by Gasteiger charge is 2.01. The zero-order chi connectivity index (χ0) is 22.3. The van der Waals surface area contributed by atoms with Gasteiger partial charge in [0.05, 0.1) is 12.3 Å². The monoisotopic (exact) mass is 483 g/mol. The summed E-state index contributed by atoms with van der Waals surface area (Å²) in [7, 11) is 0. The Morgan fingerprint density at radius 2 is 1.13 bits per heavy atom. The van der Waals surface area contributed by atoms with Crippen molar-refractivity contribution in [3.05, 3.63) is 17.7 Å². The third-order valence-corrected chi connectivity index (χ3v) is 5.32. The Bertz CT molecular complexity index is 456. The lowest BCUT2D eigenvalue weighted by atomic mass is 10.0. The summed E-state index contributed by atoms with van der Waals surface area (Å²) in [6.45, 7) is 2.46. The van der Waals surface area contributed by atoms with Gasteiger partial charge in [-0.15, -0.1) is 0 Å². The Morgan fingerprint density at radius 3 is 1.53 bits per heavy atom. The minimum atomic E-state index is 0.173. The number of hydrogen-bond acceptors (Lipinski definition) is 3. The molecule has 30 heavy (non-hydrogen) atoms. The summed E-state index contributed by atoms with van der Waals surface area (Å²) in [5.41, 5.74) is 1.15. The van der Waals surface area contributed by atoms with E-state index >= 15 is 0 Å². The van der Waals surface area contributed by atoms with E-state index in [-0.39, 0.29) is 6.61 Å². The van der Waals surface area contributed by atoms with E-state index in [2.05, 4.69) is 52.2 Å². The molecular weight excluding hydrogens is 441 g/mol. The van der Waals surface area contributed by atoms with Crippen molar-refractivity contribution in [1.82, 2.24) is 13.4 Å².